The fourth-order valence-electron chi connectivity index (χ4n) is 3.21. The molecule has 0 aliphatic carbocycles. The van der Waals surface area contributed by atoms with E-state index in [1.807, 2.05) is 60.7 Å². The molecule has 0 fully saturated rings. The maximum atomic E-state index is 13.2. The number of rotatable bonds is 6. The van der Waals surface area contributed by atoms with E-state index in [1.165, 1.54) is 26.2 Å². The van der Waals surface area contributed by atoms with Crippen molar-refractivity contribution in [2.75, 3.05) is 21.1 Å². The monoisotopic (exact) mass is 408 g/mol. The van der Waals surface area contributed by atoms with Crippen LogP contribution in [0.15, 0.2) is 89.8 Å². The van der Waals surface area contributed by atoms with Gasteiger partial charge in [-0.25, -0.2) is 12.7 Å². The molecule has 3 rings (SSSR count). The molecule has 0 heterocycles. The van der Waals surface area contributed by atoms with Gasteiger partial charge in [-0.15, -0.1) is 0 Å². The summed E-state index contributed by atoms with van der Waals surface area (Å²) in [5.74, 6) is -0.184. The van der Waals surface area contributed by atoms with Gasteiger partial charge in [0.1, 0.15) is 0 Å². The molecule has 0 aromatic heterocycles. The van der Waals surface area contributed by atoms with Crippen LogP contribution in [0, 0.1) is 0 Å². The summed E-state index contributed by atoms with van der Waals surface area (Å²) in [6.45, 7) is 0. The van der Waals surface area contributed by atoms with Gasteiger partial charge in [0.05, 0.1) is 10.9 Å². The fourth-order valence-corrected chi connectivity index (χ4v) is 4.11. The first-order valence-electron chi connectivity index (χ1n) is 9.22. The van der Waals surface area contributed by atoms with E-state index in [-0.39, 0.29) is 16.8 Å². The minimum absolute atomic E-state index is 0.157. The van der Waals surface area contributed by atoms with Crippen LogP contribution in [0.25, 0.3) is 0 Å². The number of sulfonamides is 1. The lowest BCUT2D eigenvalue weighted by Gasteiger charge is -2.29. The quantitative estimate of drug-likeness (QED) is 0.623. The van der Waals surface area contributed by atoms with E-state index < -0.39 is 10.0 Å². The molecule has 5 nitrogen and oxygen atoms in total. The van der Waals surface area contributed by atoms with Crippen LogP contribution in [-0.2, 0) is 10.0 Å². The summed E-state index contributed by atoms with van der Waals surface area (Å²) in [6.07, 6.45) is 0. The van der Waals surface area contributed by atoms with Crippen LogP contribution in [0.2, 0.25) is 0 Å². The molecule has 0 radical (unpaired) electrons. The van der Waals surface area contributed by atoms with E-state index in [0.29, 0.717) is 5.56 Å². The Morgan fingerprint density at radius 2 is 1.17 bits per heavy atom. The molecule has 0 saturated carbocycles. The number of carbonyl (C=O) groups excluding carboxylic acids is 1. The number of hydrogen-bond acceptors (Lipinski definition) is 3. The van der Waals surface area contributed by atoms with Crippen molar-refractivity contribution in [1.29, 1.82) is 0 Å². The average Bonchev–Trinajstić information content (AvgIpc) is 2.75. The smallest absolute Gasteiger partial charge is 0.254 e. The highest BCUT2D eigenvalue weighted by Crippen LogP contribution is 2.29. The number of amides is 1. The molecular formula is C23H24N2O3S. The summed E-state index contributed by atoms with van der Waals surface area (Å²) in [4.78, 5) is 15.0. The maximum Gasteiger partial charge on any atom is 0.254 e. The van der Waals surface area contributed by atoms with Crippen LogP contribution < -0.4 is 0 Å². The van der Waals surface area contributed by atoms with Gasteiger partial charge in [0, 0.05) is 26.7 Å². The zero-order valence-corrected chi connectivity index (χ0v) is 17.5. The molecule has 0 saturated heterocycles. The maximum absolute atomic E-state index is 13.2. The number of nitrogens with zero attached hydrogens (tertiary/aromatic N) is 2. The summed E-state index contributed by atoms with van der Waals surface area (Å²) in [5, 5.41) is 0. The Kier molecular flexibility index (Phi) is 6.15. The molecule has 0 bridgehead atoms. The zero-order chi connectivity index (χ0) is 21.0. The molecular weight excluding hydrogens is 384 g/mol. The third-order valence-electron chi connectivity index (χ3n) is 4.82. The Morgan fingerprint density at radius 1 is 0.724 bits per heavy atom. The fraction of sp³-hybridized carbons (Fsp3) is 0.174. The number of hydrogen-bond donors (Lipinski definition) is 0. The molecule has 150 valence electrons. The van der Waals surface area contributed by atoms with Crippen LogP contribution in [0.3, 0.4) is 0 Å². The predicted molar refractivity (Wildman–Crippen MR) is 114 cm³/mol. The van der Waals surface area contributed by atoms with Gasteiger partial charge in [-0.2, -0.15) is 0 Å². The van der Waals surface area contributed by atoms with Crippen molar-refractivity contribution >= 4 is 15.9 Å². The highest BCUT2D eigenvalue weighted by Gasteiger charge is 2.25. The largest absolute Gasteiger partial charge is 0.331 e. The first kappa shape index (κ1) is 20.8. The van der Waals surface area contributed by atoms with E-state index in [9.17, 15) is 13.2 Å². The lowest BCUT2D eigenvalue weighted by atomic mass is 9.97. The van der Waals surface area contributed by atoms with Gasteiger partial charge in [0.15, 0.2) is 0 Å². The topological polar surface area (TPSA) is 57.7 Å². The predicted octanol–water partition coefficient (Wildman–Crippen LogP) is 3.80. The lowest BCUT2D eigenvalue weighted by molar-refractivity contribution is 0.0755. The third-order valence-corrected chi connectivity index (χ3v) is 6.65. The molecule has 0 aliphatic rings. The van der Waals surface area contributed by atoms with Crippen molar-refractivity contribution in [3.8, 4) is 0 Å². The van der Waals surface area contributed by atoms with E-state index >= 15 is 0 Å². The van der Waals surface area contributed by atoms with Gasteiger partial charge in [-0.1, -0.05) is 60.7 Å². The van der Waals surface area contributed by atoms with Crippen molar-refractivity contribution in [2.45, 2.75) is 10.9 Å². The first-order chi connectivity index (χ1) is 13.8. The SMILES string of the molecule is CN(C(=O)c1ccc(S(=O)(=O)N(C)C)cc1)C(c1ccccc1)c1ccccc1. The Hall–Kier alpha value is -2.96. The van der Waals surface area contributed by atoms with E-state index in [4.69, 9.17) is 0 Å². The summed E-state index contributed by atoms with van der Waals surface area (Å²) >= 11 is 0. The molecule has 0 N–H and O–H groups in total. The Balaban J connectivity index is 1.94. The first-order valence-corrected chi connectivity index (χ1v) is 10.7. The van der Waals surface area contributed by atoms with Gasteiger partial charge in [0.25, 0.3) is 5.91 Å². The Labute approximate surface area is 172 Å². The Morgan fingerprint density at radius 3 is 1.59 bits per heavy atom. The van der Waals surface area contributed by atoms with Crippen LogP contribution in [0.1, 0.15) is 27.5 Å². The molecule has 1 amide bonds. The Bertz CT molecular complexity index is 1020. The summed E-state index contributed by atoms with van der Waals surface area (Å²) in [5.41, 5.74) is 2.43. The third kappa shape index (κ3) is 4.39. The zero-order valence-electron chi connectivity index (χ0n) is 16.7. The van der Waals surface area contributed by atoms with Gasteiger partial charge >= 0.3 is 0 Å². The van der Waals surface area contributed by atoms with Crippen molar-refractivity contribution in [3.63, 3.8) is 0 Å². The minimum Gasteiger partial charge on any atom is -0.331 e. The molecule has 0 unspecified atom stereocenters. The van der Waals surface area contributed by atoms with Gasteiger partial charge in [0.2, 0.25) is 10.0 Å². The molecule has 3 aromatic rings. The standard InChI is InChI=1S/C23H24N2O3S/c1-24(2)29(27,28)21-16-14-20(15-17-21)23(26)25(3)22(18-10-6-4-7-11-18)19-12-8-5-9-13-19/h4-17,22H,1-3H3. The summed E-state index contributed by atoms with van der Waals surface area (Å²) in [7, 11) is 1.19. The van der Waals surface area contributed by atoms with Gasteiger partial charge in [-0.3, -0.25) is 4.79 Å². The van der Waals surface area contributed by atoms with Gasteiger partial charge < -0.3 is 4.90 Å². The average molecular weight is 409 g/mol. The van der Waals surface area contributed by atoms with E-state index in [0.717, 1.165) is 15.4 Å². The molecule has 0 spiro atoms. The second kappa shape index (κ2) is 8.59. The van der Waals surface area contributed by atoms with Crippen molar-refractivity contribution in [2.24, 2.45) is 0 Å². The molecule has 0 atom stereocenters. The van der Waals surface area contributed by atoms with E-state index in [1.54, 1.807) is 24.1 Å². The second-order valence-corrected chi connectivity index (χ2v) is 9.10. The summed E-state index contributed by atoms with van der Waals surface area (Å²) in [6, 6.07) is 25.5. The van der Waals surface area contributed by atoms with E-state index in [2.05, 4.69) is 0 Å². The van der Waals surface area contributed by atoms with Crippen LogP contribution in [0.4, 0.5) is 0 Å². The minimum atomic E-state index is -3.53. The highest BCUT2D eigenvalue weighted by atomic mass is 32.2. The van der Waals surface area contributed by atoms with Gasteiger partial charge in [-0.05, 0) is 35.4 Å². The van der Waals surface area contributed by atoms with Crippen LogP contribution in [-0.4, -0.2) is 44.7 Å². The summed E-state index contributed by atoms with van der Waals surface area (Å²) < 4.78 is 25.7. The molecule has 6 heteroatoms. The number of carbonyl (C=O) groups is 1. The lowest BCUT2D eigenvalue weighted by Crippen LogP contribution is -2.32. The second-order valence-electron chi connectivity index (χ2n) is 6.95. The normalized spacial score (nSPS) is 11.6. The van der Waals surface area contributed by atoms with Crippen molar-refractivity contribution in [1.82, 2.24) is 9.21 Å². The molecule has 3 aromatic carbocycles. The number of benzene rings is 3. The van der Waals surface area contributed by atoms with Crippen molar-refractivity contribution < 1.29 is 13.2 Å². The van der Waals surface area contributed by atoms with Crippen LogP contribution >= 0.6 is 0 Å². The molecule has 0 aliphatic heterocycles. The molecule has 29 heavy (non-hydrogen) atoms. The van der Waals surface area contributed by atoms with Crippen LogP contribution in [0.5, 0.6) is 0 Å². The van der Waals surface area contributed by atoms with Crippen molar-refractivity contribution in [3.05, 3.63) is 102 Å². The highest BCUT2D eigenvalue weighted by molar-refractivity contribution is 7.89.